The van der Waals surface area contributed by atoms with Gasteiger partial charge in [-0.3, -0.25) is 0 Å². The predicted octanol–water partition coefficient (Wildman–Crippen LogP) is 1.97. The number of aliphatic carboxylic acids is 1. The maximum absolute atomic E-state index is 12.4. The smallest absolute Gasteiger partial charge is 0.341 e. The van der Waals surface area contributed by atoms with Crippen LogP contribution in [0.25, 0.3) is 0 Å². The number of carbonyl (C=O) groups is 2. The standard InChI is InChI=1S/C16H15BrN4O5/c1-8-13(15(24)25-2)14(21-16(20-8)18-7-19-21)10-5-9(17)3-4-11(10)26-6-12(22)23/h3-5,7,14H,6H2,1-2H3,(H,22,23)(H,18,19,20)/t14-/m1/s1. The minimum absolute atomic E-state index is 0.318. The molecule has 3 rings (SSSR count). The molecule has 2 N–H and O–H groups in total. The van der Waals surface area contributed by atoms with E-state index in [2.05, 4.69) is 31.3 Å². The van der Waals surface area contributed by atoms with Crippen molar-refractivity contribution in [1.82, 2.24) is 14.8 Å². The van der Waals surface area contributed by atoms with Crippen molar-refractivity contribution in [1.29, 1.82) is 0 Å². The van der Waals surface area contributed by atoms with Crippen molar-refractivity contribution in [3.05, 3.63) is 45.8 Å². The van der Waals surface area contributed by atoms with Crippen molar-refractivity contribution < 1.29 is 24.2 Å². The van der Waals surface area contributed by atoms with Crippen molar-refractivity contribution in [2.24, 2.45) is 0 Å². The van der Waals surface area contributed by atoms with Crippen molar-refractivity contribution >= 4 is 33.8 Å². The average Bonchev–Trinajstić information content (AvgIpc) is 3.06. The van der Waals surface area contributed by atoms with Gasteiger partial charge < -0.3 is 19.9 Å². The molecular weight excluding hydrogens is 408 g/mol. The Balaban J connectivity index is 2.18. The number of nitrogens with zero attached hydrogens (tertiary/aromatic N) is 3. The van der Waals surface area contributed by atoms with Crippen LogP contribution in [0.3, 0.4) is 0 Å². The van der Waals surface area contributed by atoms with E-state index in [0.717, 1.165) is 4.47 Å². The summed E-state index contributed by atoms with van der Waals surface area (Å²) in [6.07, 6.45) is 1.36. The summed E-state index contributed by atoms with van der Waals surface area (Å²) < 4.78 is 12.6. The van der Waals surface area contributed by atoms with Crippen molar-refractivity contribution in [3.63, 3.8) is 0 Å². The maximum atomic E-state index is 12.4. The third-order valence-corrected chi connectivity index (χ3v) is 4.31. The molecule has 10 heteroatoms. The summed E-state index contributed by atoms with van der Waals surface area (Å²) >= 11 is 3.40. The van der Waals surface area contributed by atoms with E-state index in [1.165, 1.54) is 18.1 Å². The molecule has 2 heterocycles. The Morgan fingerprint density at radius 3 is 2.88 bits per heavy atom. The Bertz CT molecular complexity index is 908. The summed E-state index contributed by atoms with van der Waals surface area (Å²) in [5.41, 5.74) is 1.43. The van der Waals surface area contributed by atoms with Gasteiger partial charge in [-0.2, -0.15) is 10.1 Å². The van der Waals surface area contributed by atoms with Crippen LogP contribution in [0.4, 0.5) is 5.95 Å². The fourth-order valence-electron chi connectivity index (χ4n) is 2.76. The van der Waals surface area contributed by atoms with Gasteiger partial charge in [-0.05, 0) is 25.1 Å². The molecule has 0 spiro atoms. The highest BCUT2D eigenvalue weighted by molar-refractivity contribution is 9.10. The van der Waals surface area contributed by atoms with Crippen LogP contribution in [0.2, 0.25) is 0 Å². The number of hydrogen-bond acceptors (Lipinski definition) is 7. The highest BCUT2D eigenvalue weighted by Gasteiger charge is 2.36. The van der Waals surface area contributed by atoms with E-state index >= 15 is 0 Å². The van der Waals surface area contributed by atoms with Crippen LogP contribution >= 0.6 is 15.9 Å². The molecule has 0 fully saturated rings. The summed E-state index contributed by atoms with van der Waals surface area (Å²) in [5, 5.41) is 16.1. The Labute approximate surface area is 156 Å². The first-order valence-corrected chi connectivity index (χ1v) is 8.31. The third kappa shape index (κ3) is 3.27. The number of ether oxygens (including phenoxy) is 2. The van der Waals surface area contributed by atoms with Crippen LogP contribution < -0.4 is 10.1 Å². The fourth-order valence-corrected chi connectivity index (χ4v) is 3.14. The quantitative estimate of drug-likeness (QED) is 0.702. The summed E-state index contributed by atoms with van der Waals surface area (Å²) in [4.78, 5) is 27.5. The molecule has 1 aromatic carbocycles. The van der Waals surface area contributed by atoms with Gasteiger partial charge in [0.2, 0.25) is 5.95 Å². The van der Waals surface area contributed by atoms with Gasteiger partial charge in [0.1, 0.15) is 18.1 Å². The van der Waals surface area contributed by atoms with E-state index in [0.29, 0.717) is 28.5 Å². The Kier molecular flexibility index (Phi) is 4.94. The number of fused-ring (bicyclic) bond motifs is 1. The van der Waals surface area contributed by atoms with Crippen LogP contribution in [-0.4, -0.2) is 45.5 Å². The largest absolute Gasteiger partial charge is 0.482 e. The second kappa shape index (κ2) is 7.16. The molecule has 0 aliphatic carbocycles. The number of benzene rings is 1. The minimum atomic E-state index is -1.11. The van der Waals surface area contributed by atoms with Gasteiger partial charge in [0.15, 0.2) is 6.61 Å². The van der Waals surface area contributed by atoms with E-state index in [4.69, 9.17) is 14.6 Å². The number of esters is 1. The number of carboxylic acid groups (broad SMARTS) is 1. The molecule has 0 bridgehead atoms. The molecule has 1 aliphatic rings. The van der Waals surface area contributed by atoms with Crippen molar-refractivity contribution in [3.8, 4) is 5.75 Å². The molecule has 0 saturated heterocycles. The van der Waals surface area contributed by atoms with Crippen LogP contribution in [0, 0.1) is 0 Å². The molecule has 9 nitrogen and oxygen atoms in total. The summed E-state index contributed by atoms with van der Waals surface area (Å²) in [6, 6.07) is 4.40. The Morgan fingerprint density at radius 1 is 1.42 bits per heavy atom. The van der Waals surface area contributed by atoms with Gasteiger partial charge >= 0.3 is 11.9 Å². The normalized spacial score (nSPS) is 15.9. The number of aromatic nitrogens is 3. The van der Waals surface area contributed by atoms with Crippen LogP contribution in [0.5, 0.6) is 5.75 Å². The van der Waals surface area contributed by atoms with E-state index in [-0.39, 0.29) is 0 Å². The van der Waals surface area contributed by atoms with Gasteiger partial charge in [0, 0.05) is 15.7 Å². The van der Waals surface area contributed by atoms with E-state index in [9.17, 15) is 9.59 Å². The van der Waals surface area contributed by atoms with Crippen LogP contribution in [0.1, 0.15) is 18.5 Å². The zero-order valence-electron chi connectivity index (χ0n) is 13.9. The van der Waals surface area contributed by atoms with Gasteiger partial charge in [0.25, 0.3) is 0 Å². The van der Waals surface area contributed by atoms with Gasteiger partial charge in [-0.15, -0.1) is 0 Å². The second-order valence-corrected chi connectivity index (χ2v) is 6.37. The highest BCUT2D eigenvalue weighted by atomic mass is 79.9. The number of carboxylic acids is 1. The van der Waals surface area contributed by atoms with E-state index in [1.807, 2.05) is 0 Å². The lowest BCUT2D eigenvalue weighted by atomic mass is 9.95. The Hall–Kier alpha value is -2.88. The number of nitrogens with one attached hydrogen (secondary N) is 1. The third-order valence-electron chi connectivity index (χ3n) is 3.82. The lowest BCUT2D eigenvalue weighted by Crippen LogP contribution is -2.29. The van der Waals surface area contributed by atoms with Gasteiger partial charge in [0.05, 0.1) is 12.7 Å². The highest BCUT2D eigenvalue weighted by Crippen LogP contribution is 2.40. The number of hydrogen-bond donors (Lipinski definition) is 2. The SMILES string of the molecule is COC(=O)C1=C(C)Nc2ncnn2[C@@H]1c1cc(Br)ccc1OCC(=O)O. The summed E-state index contributed by atoms with van der Waals surface area (Å²) in [5.74, 6) is -0.877. The topological polar surface area (TPSA) is 116 Å². The average molecular weight is 423 g/mol. The second-order valence-electron chi connectivity index (χ2n) is 5.45. The zero-order chi connectivity index (χ0) is 18.8. The van der Waals surface area contributed by atoms with E-state index < -0.39 is 24.6 Å². The monoisotopic (exact) mass is 422 g/mol. The van der Waals surface area contributed by atoms with Crippen LogP contribution in [0.15, 0.2) is 40.3 Å². The maximum Gasteiger partial charge on any atom is 0.341 e. The predicted molar refractivity (Wildman–Crippen MR) is 93.8 cm³/mol. The number of methoxy groups -OCH3 is 1. The molecule has 26 heavy (non-hydrogen) atoms. The number of halogens is 1. The molecule has 1 aliphatic heterocycles. The summed E-state index contributed by atoms with van der Waals surface area (Å²) in [7, 11) is 1.29. The molecule has 2 aromatic rings. The number of rotatable bonds is 5. The number of carbonyl (C=O) groups excluding carboxylic acids is 1. The first-order chi connectivity index (χ1) is 12.4. The molecule has 0 saturated carbocycles. The molecule has 0 unspecified atom stereocenters. The summed E-state index contributed by atoms with van der Waals surface area (Å²) in [6.45, 7) is 1.22. The van der Waals surface area contributed by atoms with Crippen molar-refractivity contribution in [2.45, 2.75) is 13.0 Å². The van der Waals surface area contributed by atoms with E-state index in [1.54, 1.807) is 25.1 Å². The van der Waals surface area contributed by atoms with Crippen LogP contribution in [-0.2, 0) is 14.3 Å². The minimum Gasteiger partial charge on any atom is -0.482 e. The van der Waals surface area contributed by atoms with Crippen molar-refractivity contribution in [2.75, 3.05) is 19.0 Å². The van der Waals surface area contributed by atoms with Gasteiger partial charge in [-0.25, -0.2) is 14.3 Å². The lowest BCUT2D eigenvalue weighted by Gasteiger charge is -2.29. The number of anilines is 1. The first kappa shape index (κ1) is 17.9. The molecule has 0 amide bonds. The first-order valence-electron chi connectivity index (χ1n) is 7.52. The van der Waals surface area contributed by atoms with Gasteiger partial charge in [-0.1, -0.05) is 15.9 Å². The number of allylic oxidation sites excluding steroid dienone is 1. The lowest BCUT2D eigenvalue weighted by molar-refractivity contribution is -0.139. The molecule has 1 atom stereocenters. The molecule has 0 radical (unpaired) electrons. The molecular formula is C16H15BrN4O5. The molecule has 1 aromatic heterocycles. The fraction of sp³-hybridized carbons (Fsp3) is 0.250. The zero-order valence-corrected chi connectivity index (χ0v) is 15.5. The molecule has 136 valence electrons. The Morgan fingerprint density at radius 2 is 2.19 bits per heavy atom.